The second-order valence-corrected chi connectivity index (χ2v) is 7.65. The molecule has 1 spiro atoms. The van der Waals surface area contributed by atoms with Crippen LogP contribution in [-0.2, 0) is 11.8 Å². The molecule has 0 amide bonds. The summed E-state index contributed by atoms with van der Waals surface area (Å²) < 4.78 is 6.13. The molecular formula is C18H22N4O3. The van der Waals surface area contributed by atoms with Gasteiger partial charge in [-0.25, -0.2) is 0 Å². The summed E-state index contributed by atoms with van der Waals surface area (Å²) in [5.41, 5.74) is 7.92. The van der Waals surface area contributed by atoms with Crippen molar-refractivity contribution in [3.05, 3.63) is 29.3 Å². The number of nitrogens with zero attached hydrogens (tertiary/aromatic N) is 1. The van der Waals surface area contributed by atoms with E-state index in [0.29, 0.717) is 17.5 Å². The van der Waals surface area contributed by atoms with E-state index in [9.17, 15) is 10.2 Å². The third-order valence-corrected chi connectivity index (χ3v) is 6.55. The van der Waals surface area contributed by atoms with Crippen molar-refractivity contribution in [1.82, 2.24) is 4.90 Å². The zero-order valence-electron chi connectivity index (χ0n) is 14.0. The Kier molecular flexibility index (Phi) is 2.81. The van der Waals surface area contributed by atoms with Crippen molar-refractivity contribution >= 4 is 11.6 Å². The number of aliphatic hydroxyl groups excluding tert-OH is 1. The fourth-order valence-corrected chi connectivity index (χ4v) is 5.58. The van der Waals surface area contributed by atoms with E-state index < -0.39 is 6.10 Å². The molecule has 1 fully saturated rings. The van der Waals surface area contributed by atoms with Crippen LogP contribution < -0.4 is 15.8 Å². The first kappa shape index (κ1) is 15.0. The smallest absolute Gasteiger partial charge is 0.190 e. The molecule has 6 N–H and O–H groups in total. The van der Waals surface area contributed by atoms with E-state index in [0.717, 1.165) is 30.5 Å². The lowest BCUT2D eigenvalue weighted by molar-refractivity contribution is -0.0452. The molecule has 7 heteroatoms. The third-order valence-electron chi connectivity index (χ3n) is 6.55. The van der Waals surface area contributed by atoms with Gasteiger partial charge in [-0.05, 0) is 32.0 Å². The van der Waals surface area contributed by atoms with Gasteiger partial charge in [0, 0.05) is 34.7 Å². The van der Waals surface area contributed by atoms with E-state index in [4.69, 9.17) is 15.9 Å². The minimum Gasteiger partial charge on any atom is -0.504 e. The van der Waals surface area contributed by atoms with Gasteiger partial charge in [0.2, 0.25) is 0 Å². The molecule has 0 unspecified atom stereocenters. The second-order valence-electron chi connectivity index (χ2n) is 7.65. The minimum absolute atomic E-state index is 0.0367. The molecule has 1 saturated heterocycles. The summed E-state index contributed by atoms with van der Waals surface area (Å²) in [6.07, 6.45) is 4.54. The molecule has 2 aliphatic heterocycles. The Labute approximate surface area is 145 Å². The lowest BCUT2D eigenvalue weighted by Crippen LogP contribution is -2.64. The van der Waals surface area contributed by atoms with Crippen LogP contribution in [0.4, 0.5) is 5.69 Å². The summed E-state index contributed by atoms with van der Waals surface area (Å²) in [4.78, 5) is 2.36. The first-order valence-electron chi connectivity index (χ1n) is 8.67. The Morgan fingerprint density at radius 3 is 3.04 bits per heavy atom. The van der Waals surface area contributed by atoms with E-state index in [1.165, 1.54) is 0 Å². The van der Waals surface area contributed by atoms with Gasteiger partial charge in [0.25, 0.3) is 0 Å². The maximum Gasteiger partial charge on any atom is 0.190 e. The lowest BCUT2D eigenvalue weighted by Gasteiger charge is -2.56. The molecule has 2 bridgehead atoms. The number of anilines is 1. The third kappa shape index (κ3) is 1.69. The first-order valence-corrected chi connectivity index (χ1v) is 8.67. The topological polar surface area (TPSA) is 115 Å². The zero-order valence-corrected chi connectivity index (χ0v) is 14.0. The molecule has 25 heavy (non-hydrogen) atoms. The molecule has 2 aliphatic carbocycles. The van der Waals surface area contributed by atoms with Crippen LogP contribution in [-0.4, -0.2) is 52.9 Å². The summed E-state index contributed by atoms with van der Waals surface area (Å²) >= 11 is 0. The largest absolute Gasteiger partial charge is 0.504 e. The Hall–Kier alpha value is -2.25. The maximum atomic E-state index is 10.6. The maximum absolute atomic E-state index is 10.6. The summed E-state index contributed by atoms with van der Waals surface area (Å²) in [6.45, 7) is 0.922. The van der Waals surface area contributed by atoms with Gasteiger partial charge in [0.05, 0.1) is 0 Å². The molecule has 2 heterocycles. The molecular weight excluding hydrogens is 320 g/mol. The lowest BCUT2D eigenvalue weighted by atomic mass is 9.53. The number of guanidine groups is 1. The number of likely N-dealkylation sites (tertiary alicyclic amines) is 1. The molecule has 132 valence electrons. The van der Waals surface area contributed by atoms with E-state index in [1.54, 1.807) is 6.07 Å². The van der Waals surface area contributed by atoms with Gasteiger partial charge in [-0.15, -0.1) is 0 Å². The van der Waals surface area contributed by atoms with Gasteiger partial charge in [-0.3, -0.25) is 5.41 Å². The number of benzene rings is 1. The fourth-order valence-electron chi connectivity index (χ4n) is 5.58. The summed E-state index contributed by atoms with van der Waals surface area (Å²) in [6, 6.07) is 1.87. The average molecular weight is 342 g/mol. The van der Waals surface area contributed by atoms with E-state index >= 15 is 0 Å². The molecule has 4 aliphatic rings. The quantitative estimate of drug-likeness (QED) is 0.288. The molecule has 1 aromatic carbocycles. The highest BCUT2D eigenvalue weighted by atomic mass is 16.5. The van der Waals surface area contributed by atoms with Crippen LogP contribution in [0.3, 0.4) is 0 Å². The van der Waals surface area contributed by atoms with E-state index in [1.807, 2.05) is 6.08 Å². The normalized spacial score (nSPS) is 37.4. The second kappa shape index (κ2) is 4.68. The summed E-state index contributed by atoms with van der Waals surface area (Å²) in [5, 5.41) is 31.6. The molecule has 0 saturated carbocycles. The van der Waals surface area contributed by atoms with Crippen LogP contribution in [0.25, 0.3) is 0 Å². The number of ether oxygens (including phenoxy) is 1. The van der Waals surface area contributed by atoms with Gasteiger partial charge in [0.1, 0.15) is 12.2 Å². The molecule has 7 nitrogen and oxygen atoms in total. The SMILES string of the molecule is CN1CC[C@]23c4c5c(NC(=N)N)cc(O)c4O[C@H]2[C@@H](O)C=C[C@H]3[C@H]1C5. The predicted octanol–water partition coefficient (Wildman–Crippen LogP) is 0.503. The number of nitrogens with one attached hydrogen (secondary N) is 2. The van der Waals surface area contributed by atoms with Crippen molar-refractivity contribution in [3.8, 4) is 11.5 Å². The Balaban J connectivity index is 1.81. The summed E-state index contributed by atoms with van der Waals surface area (Å²) in [5.74, 6) is 0.604. The average Bonchev–Trinajstić information content (AvgIpc) is 2.90. The minimum atomic E-state index is -0.692. The Morgan fingerprint density at radius 2 is 2.28 bits per heavy atom. The van der Waals surface area contributed by atoms with Crippen LogP contribution in [0.2, 0.25) is 0 Å². The number of phenolic OH excluding ortho intramolecular Hbond substituents is 1. The standard InChI is InChI=1S/C18H22N4O3/c1-22-5-4-18-9-2-3-12(23)16(18)25-15-13(24)7-10(21-17(19)20)8(14(15)18)6-11(9)22/h2-3,7,9,11-12,16,23-24H,4-6H2,1H3,(H4,19,20,21)/t9-,11+,12-,16-,18-/m0/s1. The van der Waals surface area contributed by atoms with Crippen molar-refractivity contribution in [2.75, 3.05) is 18.9 Å². The van der Waals surface area contributed by atoms with Gasteiger partial charge in [-0.2, -0.15) is 0 Å². The number of phenols is 1. The number of aromatic hydroxyl groups is 1. The predicted molar refractivity (Wildman–Crippen MR) is 93.1 cm³/mol. The zero-order chi connectivity index (χ0) is 17.5. The Bertz CT molecular complexity index is 823. The van der Waals surface area contributed by atoms with Crippen molar-refractivity contribution in [3.63, 3.8) is 0 Å². The number of likely N-dealkylation sites (N-methyl/N-ethyl adjacent to an activating group) is 1. The first-order chi connectivity index (χ1) is 11.9. The molecule has 5 rings (SSSR count). The monoisotopic (exact) mass is 342 g/mol. The van der Waals surface area contributed by atoms with Crippen LogP contribution in [0.1, 0.15) is 17.5 Å². The highest BCUT2D eigenvalue weighted by Gasteiger charge is 2.64. The van der Waals surface area contributed by atoms with E-state index in [-0.39, 0.29) is 29.1 Å². The van der Waals surface area contributed by atoms with Crippen LogP contribution in [0.5, 0.6) is 11.5 Å². The molecule has 0 aromatic heterocycles. The van der Waals surface area contributed by atoms with Crippen molar-refractivity contribution < 1.29 is 14.9 Å². The van der Waals surface area contributed by atoms with Crippen molar-refractivity contribution in [2.24, 2.45) is 11.7 Å². The number of hydrogen-bond donors (Lipinski definition) is 5. The molecule has 0 radical (unpaired) electrons. The van der Waals surface area contributed by atoms with Crippen LogP contribution >= 0.6 is 0 Å². The van der Waals surface area contributed by atoms with Gasteiger partial charge < -0.3 is 30.9 Å². The Morgan fingerprint density at radius 1 is 1.48 bits per heavy atom. The number of piperidine rings is 1. The number of rotatable bonds is 1. The van der Waals surface area contributed by atoms with Crippen LogP contribution in [0.15, 0.2) is 18.2 Å². The van der Waals surface area contributed by atoms with Crippen molar-refractivity contribution in [2.45, 2.75) is 36.5 Å². The number of aliphatic hydroxyl groups is 1. The van der Waals surface area contributed by atoms with Gasteiger partial charge in [0.15, 0.2) is 17.5 Å². The molecule has 5 atom stereocenters. The van der Waals surface area contributed by atoms with Gasteiger partial charge in [-0.1, -0.05) is 12.2 Å². The van der Waals surface area contributed by atoms with Crippen LogP contribution in [0, 0.1) is 11.3 Å². The van der Waals surface area contributed by atoms with Crippen molar-refractivity contribution in [1.29, 1.82) is 5.41 Å². The highest BCUT2D eigenvalue weighted by Crippen LogP contribution is 2.63. The summed E-state index contributed by atoms with van der Waals surface area (Å²) in [7, 11) is 2.13. The van der Waals surface area contributed by atoms with Gasteiger partial charge >= 0.3 is 0 Å². The fraction of sp³-hybridized carbons (Fsp3) is 0.500. The molecule has 1 aromatic rings. The number of hydrogen-bond acceptors (Lipinski definition) is 5. The highest BCUT2D eigenvalue weighted by molar-refractivity contribution is 5.92. The number of nitrogens with two attached hydrogens (primary N) is 1. The van der Waals surface area contributed by atoms with E-state index in [2.05, 4.69) is 23.3 Å².